The molecule has 0 aromatic heterocycles. The van der Waals surface area contributed by atoms with Gasteiger partial charge >= 0.3 is 0 Å². The Morgan fingerprint density at radius 1 is 1.00 bits per heavy atom. The van der Waals surface area contributed by atoms with Gasteiger partial charge in [-0.05, 0) is 25.0 Å². The molecule has 8 heteroatoms. The second-order valence-corrected chi connectivity index (χ2v) is 7.06. The summed E-state index contributed by atoms with van der Waals surface area (Å²) in [4.78, 5) is 28.5. The van der Waals surface area contributed by atoms with E-state index < -0.39 is 5.82 Å². The summed E-state index contributed by atoms with van der Waals surface area (Å²) in [6.45, 7) is 3.28. The van der Waals surface area contributed by atoms with E-state index in [1.807, 2.05) is 4.90 Å². The van der Waals surface area contributed by atoms with Crippen LogP contribution in [0.5, 0.6) is 0 Å². The molecule has 136 valence electrons. The van der Waals surface area contributed by atoms with Crippen LogP contribution < -0.4 is 0 Å². The minimum atomic E-state index is -0.674. The maximum atomic E-state index is 13.6. The van der Waals surface area contributed by atoms with Crippen molar-refractivity contribution in [2.75, 3.05) is 39.4 Å². The summed E-state index contributed by atoms with van der Waals surface area (Å²) in [6, 6.07) is 2.30. The highest BCUT2D eigenvalue weighted by atomic mass is 35.5. The van der Waals surface area contributed by atoms with Gasteiger partial charge in [0.1, 0.15) is 5.82 Å². The van der Waals surface area contributed by atoms with Crippen LogP contribution in [0.2, 0.25) is 10.0 Å². The molecule has 1 aromatic carbocycles. The first-order valence-corrected chi connectivity index (χ1v) is 9.03. The first-order chi connectivity index (χ1) is 12.0. The van der Waals surface area contributed by atoms with Crippen LogP contribution in [0.15, 0.2) is 12.1 Å². The Balaban J connectivity index is 1.61. The van der Waals surface area contributed by atoms with Gasteiger partial charge in [-0.25, -0.2) is 4.39 Å². The molecule has 25 heavy (non-hydrogen) atoms. The van der Waals surface area contributed by atoms with Gasteiger partial charge in [0.05, 0.1) is 28.8 Å². The van der Waals surface area contributed by atoms with E-state index in [9.17, 15) is 14.0 Å². The number of hydrogen-bond acceptors (Lipinski definition) is 3. The Kier molecular flexibility index (Phi) is 5.81. The highest BCUT2D eigenvalue weighted by Crippen LogP contribution is 2.27. The Hall–Kier alpha value is -1.37. The second-order valence-electron chi connectivity index (χ2n) is 6.25. The van der Waals surface area contributed by atoms with Gasteiger partial charge in [0.15, 0.2) is 0 Å². The number of ether oxygens (including phenoxy) is 1. The zero-order valence-corrected chi connectivity index (χ0v) is 15.2. The average Bonchev–Trinajstić information content (AvgIpc) is 2.64. The average molecular weight is 389 g/mol. The molecule has 2 aliphatic heterocycles. The van der Waals surface area contributed by atoms with Crippen molar-refractivity contribution >= 4 is 35.0 Å². The number of likely N-dealkylation sites (tertiary alicyclic amines) is 1. The minimum Gasteiger partial charge on any atom is -0.378 e. The lowest BCUT2D eigenvalue weighted by Gasteiger charge is -2.35. The molecule has 0 aliphatic carbocycles. The third kappa shape index (κ3) is 4.07. The topological polar surface area (TPSA) is 49.9 Å². The van der Waals surface area contributed by atoms with Crippen molar-refractivity contribution < 1.29 is 18.7 Å². The number of piperidine rings is 1. The van der Waals surface area contributed by atoms with Crippen LogP contribution in [0.3, 0.4) is 0 Å². The second kappa shape index (κ2) is 7.89. The number of hydrogen-bond donors (Lipinski definition) is 0. The molecule has 2 saturated heterocycles. The summed E-state index contributed by atoms with van der Waals surface area (Å²) in [5.74, 6) is -0.963. The lowest BCUT2D eigenvalue weighted by Crippen LogP contribution is -2.47. The molecular weight excluding hydrogens is 370 g/mol. The van der Waals surface area contributed by atoms with E-state index in [1.165, 1.54) is 6.07 Å². The summed E-state index contributed by atoms with van der Waals surface area (Å²) in [6.07, 6.45) is 1.19. The first kappa shape index (κ1) is 18.4. The molecule has 0 saturated carbocycles. The number of benzene rings is 1. The molecule has 1 aromatic rings. The van der Waals surface area contributed by atoms with E-state index in [1.54, 1.807) is 4.90 Å². The van der Waals surface area contributed by atoms with E-state index in [2.05, 4.69) is 0 Å². The fourth-order valence-corrected chi connectivity index (χ4v) is 3.69. The molecule has 0 N–H and O–H groups in total. The Morgan fingerprint density at radius 3 is 2.28 bits per heavy atom. The quantitative estimate of drug-likeness (QED) is 0.731. The SMILES string of the molecule is O=C(c1cc(F)c(Cl)cc1Cl)N1CCC(C(=O)N2CCOCC2)CC1. The molecule has 5 nitrogen and oxygen atoms in total. The van der Waals surface area contributed by atoms with Crippen LogP contribution in [0, 0.1) is 11.7 Å². The Morgan fingerprint density at radius 2 is 1.64 bits per heavy atom. The molecule has 2 aliphatic rings. The number of morpholine rings is 1. The van der Waals surface area contributed by atoms with Crippen LogP contribution in [0.25, 0.3) is 0 Å². The monoisotopic (exact) mass is 388 g/mol. The van der Waals surface area contributed by atoms with Crippen LogP contribution in [-0.4, -0.2) is 61.0 Å². The Labute approximate surface area is 155 Å². The molecule has 0 spiro atoms. The molecule has 0 bridgehead atoms. The zero-order valence-electron chi connectivity index (χ0n) is 13.6. The number of nitrogens with zero attached hydrogens (tertiary/aromatic N) is 2. The van der Waals surface area contributed by atoms with Gasteiger partial charge in [-0.1, -0.05) is 23.2 Å². The summed E-state index contributed by atoms with van der Waals surface area (Å²) in [7, 11) is 0. The summed E-state index contributed by atoms with van der Waals surface area (Å²) < 4.78 is 18.9. The smallest absolute Gasteiger partial charge is 0.255 e. The van der Waals surface area contributed by atoms with E-state index >= 15 is 0 Å². The van der Waals surface area contributed by atoms with Gasteiger partial charge in [0.2, 0.25) is 5.91 Å². The predicted octanol–water partition coefficient (Wildman–Crippen LogP) is 2.84. The largest absolute Gasteiger partial charge is 0.378 e. The normalized spacial score (nSPS) is 19.2. The number of carbonyl (C=O) groups excluding carboxylic acids is 2. The molecule has 2 heterocycles. The van der Waals surface area contributed by atoms with E-state index in [-0.39, 0.29) is 33.3 Å². The van der Waals surface area contributed by atoms with Crippen molar-refractivity contribution in [3.63, 3.8) is 0 Å². The molecular formula is C17H19Cl2FN2O3. The van der Waals surface area contributed by atoms with Crippen molar-refractivity contribution in [1.29, 1.82) is 0 Å². The summed E-state index contributed by atoms with van der Waals surface area (Å²) >= 11 is 11.7. The van der Waals surface area contributed by atoms with Gasteiger partial charge < -0.3 is 14.5 Å². The van der Waals surface area contributed by atoms with E-state index in [0.717, 1.165) is 6.07 Å². The minimum absolute atomic E-state index is 0.0837. The van der Waals surface area contributed by atoms with Crippen molar-refractivity contribution in [1.82, 2.24) is 9.80 Å². The number of amides is 2. The summed E-state index contributed by atoms with van der Waals surface area (Å²) in [5.41, 5.74) is 0.0986. The highest BCUT2D eigenvalue weighted by molar-refractivity contribution is 6.36. The van der Waals surface area contributed by atoms with Crippen LogP contribution in [-0.2, 0) is 9.53 Å². The third-order valence-corrected chi connectivity index (χ3v) is 5.30. The number of rotatable bonds is 2. The van der Waals surface area contributed by atoms with Crippen LogP contribution in [0.1, 0.15) is 23.2 Å². The zero-order chi connectivity index (χ0) is 18.0. The molecule has 0 unspecified atom stereocenters. The standard InChI is InChI=1S/C17H19Cl2FN2O3/c18-13-10-14(19)15(20)9-12(13)17(24)21-3-1-11(2-4-21)16(23)22-5-7-25-8-6-22/h9-11H,1-8H2. The van der Waals surface area contributed by atoms with Crippen molar-refractivity contribution in [2.24, 2.45) is 5.92 Å². The lowest BCUT2D eigenvalue weighted by atomic mass is 9.94. The van der Waals surface area contributed by atoms with Crippen molar-refractivity contribution in [3.05, 3.63) is 33.6 Å². The predicted molar refractivity (Wildman–Crippen MR) is 92.4 cm³/mol. The lowest BCUT2D eigenvalue weighted by molar-refractivity contribution is -0.141. The first-order valence-electron chi connectivity index (χ1n) is 8.27. The van der Waals surface area contributed by atoms with Gasteiger partial charge in [0, 0.05) is 32.1 Å². The highest BCUT2D eigenvalue weighted by Gasteiger charge is 2.31. The Bertz CT molecular complexity index is 672. The number of carbonyl (C=O) groups is 2. The van der Waals surface area contributed by atoms with E-state index in [4.69, 9.17) is 27.9 Å². The van der Waals surface area contributed by atoms with Crippen LogP contribution >= 0.6 is 23.2 Å². The number of halogens is 3. The molecule has 0 radical (unpaired) electrons. The van der Waals surface area contributed by atoms with Gasteiger partial charge in [0.25, 0.3) is 5.91 Å². The fraction of sp³-hybridized carbons (Fsp3) is 0.529. The van der Waals surface area contributed by atoms with Crippen molar-refractivity contribution in [3.8, 4) is 0 Å². The van der Waals surface area contributed by atoms with Gasteiger partial charge in [-0.15, -0.1) is 0 Å². The van der Waals surface area contributed by atoms with Crippen molar-refractivity contribution in [2.45, 2.75) is 12.8 Å². The molecule has 2 fully saturated rings. The summed E-state index contributed by atoms with van der Waals surface area (Å²) in [5, 5.41) is 0.0132. The maximum absolute atomic E-state index is 13.6. The molecule has 2 amide bonds. The fourth-order valence-electron chi connectivity index (χ4n) is 3.23. The van der Waals surface area contributed by atoms with Gasteiger partial charge in [-0.2, -0.15) is 0 Å². The maximum Gasteiger partial charge on any atom is 0.255 e. The van der Waals surface area contributed by atoms with Crippen LogP contribution in [0.4, 0.5) is 4.39 Å². The van der Waals surface area contributed by atoms with Gasteiger partial charge in [-0.3, -0.25) is 9.59 Å². The molecule has 0 atom stereocenters. The van der Waals surface area contributed by atoms with E-state index in [0.29, 0.717) is 52.2 Å². The third-order valence-electron chi connectivity index (χ3n) is 4.69. The molecule has 3 rings (SSSR count).